The molecule has 0 radical (unpaired) electrons. The third kappa shape index (κ3) is 4.19. The lowest BCUT2D eigenvalue weighted by atomic mass is 9.61. The van der Waals surface area contributed by atoms with Gasteiger partial charge in [-0.2, -0.15) is 4.79 Å². The molecule has 0 aromatic carbocycles. The van der Waals surface area contributed by atoms with Crippen LogP contribution >= 0.6 is 23.2 Å². The van der Waals surface area contributed by atoms with E-state index in [9.17, 15) is 25.0 Å². The highest BCUT2D eigenvalue weighted by Crippen LogP contribution is 2.56. The number of alkyl halides is 2. The first kappa shape index (κ1) is 27.3. The van der Waals surface area contributed by atoms with Crippen molar-refractivity contribution in [1.82, 2.24) is 0 Å². The Hall–Kier alpha value is -2.31. The summed E-state index contributed by atoms with van der Waals surface area (Å²) in [6.07, 6.45) is 5.25. The van der Waals surface area contributed by atoms with Crippen molar-refractivity contribution in [2.45, 2.75) is 88.7 Å². The molecule has 1 N–H and O–H groups in total. The minimum atomic E-state index is -1.95. The van der Waals surface area contributed by atoms with Crippen LogP contribution in [0.3, 0.4) is 0 Å². The van der Waals surface area contributed by atoms with E-state index in [0.717, 1.165) is 18.4 Å². The van der Waals surface area contributed by atoms with Crippen molar-refractivity contribution in [2.24, 2.45) is 0 Å². The van der Waals surface area contributed by atoms with E-state index in [0.29, 0.717) is 0 Å². The molecule has 188 valence electrons. The molecule has 0 unspecified atom stereocenters. The lowest BCUT2D eigenvalue weighted by Gasteiger charge is -2.56. The van der Waals surface area contributed by atoms with E-state index >= 15 is 0 Å². The number of fused-ring (bicyclic) bond motifs is 1. The summed E-state index contributed by atoms with van der Waals surface area (Å²) in [5.74, 6) is -3.11. The standard InChI is InChI=1S/C26H30Cl2N2O5/c1-13(2)8-7-9-14(3)10-11-26-23(34)17-18(20(31)15(4)21(32)19(17)30-29)22(33)25(26,28)12-16(27)24(5,6)35-26/h8,10,16,31H,7,9,11-12H2,1-6H3/b14-10+/t16-,25+,26+/m1/s1. The molecular weight excluding hydrogens is 491 g/mol. The second-order valence-electron chi connectivity index (χ2n) is 10.2. The summed E-state index contributed by atoms with van der Waals surface area (Å²) in [5.41, 5.74) is 7.00. The highest BCUT2D eigenvalue weighted by atomic mass is 35.5. The number of hydrogen-bond donors (Lipinski definition) is 1. The minimum Gasteiger partial charge on any atom is -0.507 e. The average molecular weight is 521 g/mol. The van der Waals surface area contributed by atoms with Gasteiger partial charge in [0, 0.05) is 12.0 Å². The largest absolute Gasteiger partial charge is 0.507 e. The van der Waals surface area contributed by atoms with Gasteiger partial charge >= 0.3 is 5.71 Å². The third-order valence-corrected chi connectivity index (χ3v) is 8.35. The minimum absolute atomic E-state index is 0.0676. The molecular formula is C26H30Cl2N2O5. The molecule has 0 amide bonds. The van der Waals surface area contributed by atoms with Crippen LogP contribution in [0.25, 0.3) is 5.53 Å². The molecule has 1 saturated heterocycles. The fourth-order valence-electron chi connectivity index (χ4n) is 4.82. The van der Waals surface area contributed by atoms with Crippen molar-refractivity contribution in [3.8, 4) is 0 Å². The molecule has 1 aliphatic heterocycles. The van der Waals surface area contributed by atoms with Gasteiger partial charge in [-0.05, 0) is 60.8 Å². The monoisotopic (exact) mass is 520 g/mol. The SMILES string of the molecule is CC(C)=CCC/C(C)=C/C[C@@]12OC(C)(C)[C@H](Cl)C[C@]1(Cl)C(=O)C1=C(C2=O)C(=[N+]=[N-])C(=O)C(C)=C1O. The number of ketones is 3. The van der Waals surface area contributed by atoms with Crippen LogP contribution in [-0.4, -0.2) is 54.4 Å². The molecule has 0 aromatic heterocycles. The molecule has 35 heavy (non-hydrogen) atoms. The summed E-state index contributed by atoms with van der Waals surface area (Å²) in [7, 11) is 0. The normalized spacial score (nSPS) is 30.7. The topological polar surface area (TPSA) is 117 Å². The summed E-state index contributed by atoms with van der Waals surface area (Å²) in [6, 6.07) is 0. The Kier molecular flexibility index (Phi) is 7.24. The van der Waals surface area contributed by atoms with Crippen molar-refractivity contribution in [1.29, 1.82) is 0 Å². The van der Waals surface area contributed by atoms with Gasteiger partial charge in [-0.3, -0.25) is 14.4 Å². The van der Waals surface area contributed by atoms with Crippen LogP contribution in [0.1, 0.15) is 67.2 Å². The molecule has 3 aliphatic rings. The number of hydrogen-bond acceptors (Lipinski definition) is 5. The Morgan fingerprint density at radius 2 is 1.80 bits per heavy atom. The highest BCUT2D eigenvalue weighted by Gasteiger charge is 2.72. The number of allylic oxidation sites excluding steroid dienone is 5. The molecule has 2 aliphatic carbocycles. The molecule has 0 bridgehead atoms. The fraction of sp³-hybridized carbons (Fsp3) is 0.538. The molecule has 0 aromatic rings. The Bertz CT molecular complexity index is 1200. The van der Waals surface area contributed by atoms with E-state index in [2.05, 4.69) is 10.9 Å². The van der Waals surface area contributed by atoms with E-state index in [-0.39, 0.29) is 18.4 Å². The number of Topliss-reactive ketones (excluding diaryl/α,β-unsaturated/α-hetero) is 3. The summed E-state index contributed by atoms with van der Waals surface area (Å²) in [4.78, 5) is 41.8. The van der Waals surface area contributed by atoms with Gasteiger partial charge in [0.2, 0.25) is 5.78 Å². The maximum Gasteiger partial charge on any atom is 0.374 e. The second kappa shape index (κ2) is 9.29. The first-order valence-corrected chi connectivity index (χ1v) is 12.3. The molecule has 3 rings (SSSR count). The van der Waals surface area contributed by atoms with E-state index in [4.69, 9.17) is 27.9 Å². The van der Waals surface area contributed by atoms with Crippen molar-refractivity contribution >= 4 is 46.3 Å². The van der Waals surface area contributed by atoms with Gasteiger partial charge in [0.25, 0.3) is 5.78 Å². The first-order chi connectivity index (χ1) is 16.1. The summed E-state index contributed by atoms with van der Waals surface area (Å²) in [5, 5.41) is 9.98. The van der Waals surface area contributed by atoms with Gasteiger partial charge < -0.3 is 15.4 Å². The van der Waals surface area contributed by atoms with Crippen LogP contribution in [0.5, 0.6) is 0 Å². The van der Waals surface area contributed by atoms with Gasteiger partial charge in [0.1, 0.15) is 16.2 Å². The van der Waals surface area contributed by atoms with E-state index in [1.54, 1.807) is 19.9 Å². The van der Waals surface area contributed by atoms with Crippen molar-refractivity contribution < 1.29 is 29.0 Å². The number of aliphatic hydroxyl groups excluding tert-OH is 1. The number of nitrogens with zero attached hydrogens (tertiary/aromatic N) is 2. The van der Waals surface area contributed by atoms with Gasteiger partial charge in [0.05, 0.1) is 16.6 Å². The van der Waals surface area contributed by atoms with Gasteiger partial charge in [-0.15, -0.1) is 23.2 Å². The van der Waals surface area contributed by atoms with Crippen LogP contribution < -0.4 is 0 Å². The Morgan fingerprint density at radius 1 is 1.17 bits per heavy atom. The van der Waals surface area contributed by atoms with E-state index in [1.165, 1.54) is 12.5 Å². The Labute approximate surface area is 215 Å². The van der Waals surface area contributed by atoms with Crippen LogP contribution in [0.2, 0.25) is 0 Å². The van der Waals surface area contributed by atoms with Gasteiger partial charge in [-0.25, -0.2) is 0 Å². The van der Waals surface area contributed by atoms with Crippen molar-refractivity contribution in [3.05, 3.63) is 51.3 Å². The molecule has 3 atom stereocenters. The number of ether oxygens (including phenoxy) is 1. The number of rotatable bonds is 5. The van der Waals surface area contributed by atoms with E-state index in [1.807, 2.05) is 20.8 Å². The second-order valence-corrected chi connectivity index (χ2v) is 11.4. The van der Waals surface area contributed by atoms with Gasteiger partial charge in [-0.1, -0.05) is 23.3 Å². The fourth-order valence-corrected chi connectivity index (χ4v) is 5.62. The molecule has 7 nitrogen and oxygen atoms in total. The maximum absolute atomic E-state index is 14.2. The van der Waals surface area contributed by atoms with Crippen LogP contribution in [0, 0.1) is 0 Å². The Morgan fingerprint density at radius 3 is 2.37 bits per heavy atom. The maximum atomic E-state index is 14.2. The first-order valence-electron chi connectivity index (χ1n) is 11.5. The average Bonchev–Trinajstić information content (AvgIpc) is 2.77. The van der Waals surface area contributed by atoms with Crippen LogP contribution in [-0.2, 0) is 19.1 Å². The molecule has 9 heteroatoms. The Balaban J connectivity index is 2.24. The zero-order valence-electron chi connectivity index (χ0n) is 20.8. The molecule has 1 fully saturated rings. The van der Waals surface area contributed by atoms with E-state index < -0.39 is 61.4 Å². The predicted octanol–water partition coefficient (Wildman–Crippen LogP) is 5.13. The van der Waals surface area contributed by atoms with Gasteiger partial charge in [0.15, 0.2) is 11.4 Å². The molecule has 0 saturated carbocycles. The van der Waals surface area contributed by atoms with Crippen molar-refractivity contribution in [2.75, 3.05) is 0 Å². The quantitative estimate of drug-likeness (QED) is 0.177. The smallest absolute Gasteiger partial charge is 0.374 e. The van der Waals surface area contributed by atoms with Crippen molar-refractivity contribution in [3.63, 3.8) is 0 Å². The summed E-state index contributed by atoms with van der Waals surface area (Å²) < 4.78 is 6.33. The lowest BCUT2D eigenvalue weighted by Crippen LogP contribution is -2.73. The predicted molar refractivity (Wildman–Crippen MR) is 134 cm³/mol. The van der Waals surface area contributed by atoms with Crippen LogP contribution in [0.15, 0.2) is 45.8 Å². The summed E-state index contributed by atoms with van der Waals surface area (Å²) in [6.45, 7) is 10.6. The lowest BCUT2D eigenvalue weighted by molar-refractivity contribution is -0.195. The zero-order valence-corrected chi connectivity index (χ0v) is 22.3. The molecule has 0 spiro atoms. The molecule has 1 heterocycles. The number of halogens is 2. The number of carbonyl (C=O) groups excluding carboxylic acids is 3. The zero-order chi connectivity index (χ0) is 26.5. The van der Waals surface area contributed by atoms with Crippen LogP contribution in [0.4, 0.5) is 0 Å². The highest BCUT2D eigenvalue weighted by molar-refractivity contribution is 6.60. The summed E-state index contributed by atoms with van der Waals surface area (Å²) >= 11 is 13.6. The third-order valence-electron chi connectivity index (χ3n) is 7.04. The number of carbonyl (C=O) groups is 3. The number of aliphatic hydroxyl groups is 1.